The van der Waals surface area contributed by atoms with Crippen molar-refractivity contribution in [1.29, 1.82) is 0 Å². The lowest BCUT2D eigenvalue weighted by atomic mass is 10.1. The Labute approximate surface area is 146 Å². The van der Waals surface area contributed by atoms with E-state index in [-0.39, 0.29) is 31.0 Å². The molecular weight excluding hydrogens is 377 g/mol. The van der Waals surface area contributed by atoms with Crippen molar-refractivity contribution >= 4 is 10.0 Å². The minimum Gasteiger partial charge on any atom is -0.339 e. The number of hydrogen-bond donors (Lipinski definition) is 0. The Morgan fingerprint density at radius 3 is 2.27 bits per heavy atom. The number of imidazole rings is 1. The van der Waals surface area contributed by atoms with Gasteiger partial charge in [0.05, 0.1) is 12.4 Å². The van der Waals surface area contributed by atoms with Crippen LogP contribution >= 0.6 is 0 Å². The number of sulfonamides is 1. The number of aryl methyl sites for hydroxylation is 1. The second kappa shape index (κ2) is 6.23. The molecule has 1 aliphatic heterocycles. The highest BCUT2D eigenvalue weighted by atomic mass is 32.2. The van der Waals surface area contributed by atoms with Crippen LogP contribution in [0.3, 0.4) is 0 Å². The van der Waals surface area contributed by atoms with E-state index in [1.54, 1.807) is 7.05 Å². The third-order valence-electron chi connectivity index (χ3n) is 4.31. The van der Waals surface area contributed by atoms with E-state index in [2.05, 4.69) is 10.1 Å². The van der Waals surface area contributed by atoms with Gasteiger partial charge in [-0.3, -0.25) is 4.57 Å². The first kappa shape index (κ1) is 18.6. The predicted molar refractivity (Wildman–Crippen MR) is 82.7 cm³/mol. The number of rotatable bonds is 3. The molecular formula is C13H17F3N6O3S. The van der Waals surface area contributed by atoms with Crippen molar-refractivity contribution in [2.24, 2.45) is 14.1 Å². The molecule has 0 saturated carbocycles. The van der Waals surface area contributed by atoms with Crippen LogP contribution in [0.2, 0.25) is 0 Å². The van der Waals surface area contributed by atoms with Gasteiger partial charge in [0.1, 0.15) is 0 Å². The molecule has 0 amide bonds. The highest BCUT2D eigenvalue weighted by molar-refractivity contribution is 7.89. The Morgan fingerprint density at radius 1 is 1.19 bits per heavy atom. The Bertz CT molecular complexity index is 966. The standard InChI is InChI=1S/C13H17F3N6O3S/c1-19-7-10(17-8-19)26(24,25)21-5-3-9(4-6-21)22-12(23)20(2)11(18-22)13(14,15)16/h7-9H,3-6H2,1-2H3. The van der Waals surface area contributed by atoms with Gasteiger partial charge in [-0.05, 0) is 12.8 Å². The number of hydrogen-bond acceptors (Lipinski definition) is 5. The molecule has 3 rings (SSSR count). The van der Waals surface area contributed by atoms with Crippen molar-refractivity contribution < 1.29 is 21.6 Å². The van der Waals surface area contributed by atoms with Crippen molar-refractivity contribution in [2.45, 2.75) is 30.1 Å². The van der Waals surface area contributed by atoms with Gasteiger partial charge >= 0.3 is 11.9 Å². The third kappa shape index (κ3) is 3.16. The molecule has 9 nitrogen and oxygen atoms in total. The van der Waals surface area contributed by atoms with Gasteiger partial charge in [-0.25, -0.2) is 22.9 Å². The Kier molecular flexibility index (Phi) is 4.46. The first-order valence-electron chi connectivity index (χ1n) is 7.72. The Morgan fingerprint density at radius 2 is 1.81 bits per heavy atom. The van der Waals surface area contributed by atoms with Crippen LogP contribution in [0.15, 0.2) is 22.3 Å². The van der Waals surface area contributed by atoms with E-state index in [0.29, 0.717) is 4.57 Å². The van der Waals surface area contributed by atoms with E-state index in [0.717, 1.165) is 11.7 Å². The second-order valence-electron chi connectivity index (χ2n) is 6.12. The minimum absolute atomic E-state index is 0.0634. The first-order chi connectivity index (χ1) is 12.0. The van der Waals surface area contributed by atoms with Crippen molar-refractivity contribution in [2.75, 3.05) is 13.1 Å². The highest BCUT2D eigenvalue weighted by Crippen LogP contribution is 2.29. The van der Waals surface area contributed by atoms with Gasteiger partial charge in [0.25, 0.3) is 10.0 Å². The van der Waals surface area contributed by atoms with Crippen molar-refractivity contribution in [3.8, 4) is 0 Å². The predicted octanol–water partition coefficient (Wildman–Crippen LogP) is 0.360. The van der Waals surface area contributed by atoms with Crippen molar-refractivity contribution in [3.63, 3.8) is 0 Å². The summed E-state index contributed by atoms with van der Waals surface area (Å²) in [4.78, 5) is 15.9. The Hall–Kier alpha value is -2.15. The van der Waals surface area contributed by atoms with Crippen LogP contribution in [0.25, 0.3) is 0 Å². The van der Waals surface area contributed by atoms with E-state index in [1.807, 2.05) is 0 Å². The summed E-state index contributed by atoms with van der Waals surface area (Å²) in [7, 11) is -1.12. The molecule has 0 bridgehead atoms. The highest BCUT2D eigenvalue weighted by Gasteiger charge is 2.39. The van der Waals surface area contributed by atoms with E-state index < -0.39 is 33.8 Å². The van der Waals surface area contributed by atoms with Crippen LogP contribution in [0, 0.1) is 0 Å². The number of nitrogens with zero attached hydrogens (tertiary/aromatic N) is 6. The van der Waals surface area contributed by atoms with Gasteiger partial charge in [0, 0.05) is 33.4 Å². The van der Waals surface area contributed by atoms with E-state index in [1.165, 1.54) is 21.4 Å². The maximum atomic E-state index is 12.9. The summed E-state index contributed by atoms with van der Waals surface area (Å²) in [6.07, 6.45) is -1.63. The molecule has 2 aromatic rings. The van der Waals surface area contributed by atoms with Gasteiger partial charge in [-0.15, -0.1) is 5.10 Å². The summed E-state index contributed by atoms with van der Waals surface area (Å²) in [6.45, 7) is 0.127. The largest absolute Gasteiger partial charge is 0.451 e. The number of halogens is 3. The van der Waals surface area contributed by atoms with Crippen LogP contribution < -0.4 is 5.69 Å². The molecule has 1 fully saturated rings. The van der Waals surface area contributed by atoms with Crippen LogP contribution in [0.4, 0.5) is 13.2 Å². The topological polar surface area (TPSA) is 95.0 Å². The number of piperidine rings is 1. The van der Waals surface area contributed by atoms with Gasteiger partial charge in [0.2, 0.25) is 5.82 Å². The SMILES string of the molecule is Cn1cnc(S(=O)(=O)N2CCC(n3nc(C(F)(F)F)n(C)c3=O)CC2)c1. The molecule has 0 aliphatic carbocycles. The second-order valence-corrected chi connectivity index (χ2v) is 8.00. The molecule has 0 N–H and O–H groups in total. The van der Waals surface area contributed by atoms with E-state index in [4.69, 9.17) is 0 Å². The summed E-state index contributed by atoms with van der Waals surface area (Å²) in [6, 6.07) is -0.597. The average molecular weight is 394 g/mol. The summed E-state index contributed by atoms with van der Waals surface area (Å²) in [5.41, 5.74) is -0.872. The molecule has 13 heteroatoms. The average Bonchev–Trinajstić information content (AvgIpc) is 3.12. The van der Waals surface area contributed by atoms with Gasteiger partial charge in [-0.1, -0.05) is 0 Å². The zero-order valence-electron chi connectivity index (χ0n) is 14.0. The molecule has 26 heavy (non-hydrogen) atoms. The number of alkyl halides is 3. The maximum absolute atomic E-state index is 12.9. The number of aromatic nitrogens is 5. The fourth-order valence-corrected chi connectivity index (χ4v) is 4.36. The lowest BCUT2D eigenvalue weighted by Crippen LogP contribution is -2.41. The molecule has 0 atom stereocenters. The van der Waals surface area contributed by atoms with Crippen LogP contribution in [0.1, 0.15) is 24.7 Å². The zero-order valence-corrected chi connectivity index (χ0v) is 14.8. The quantitative estimate of drug-likeness (QED) is 0.749. The summed E-state index contributed by atoms with van der Waals surface area (Å²) >= 11 is 0. The minimum atomic E-state index is -4.73. The smallest absolute Gasteiger partial charge is 0.339 e. The lowest BCUT2D eigenvalue weighted by Gasteiger charge is -2.30. The van der Waals surface area contributed by atoms with E-state index in [9.17, 15) is 26.4 Å². The molecule has 0 aromatic carbocycles. The molecule has 144 valence electrons. The fraction of sp³-hybridized carbons (Fsp3) is 0.615. The molecule has 0 unspecified atom stereocenters. The molecule has 0 radical (unpaired) electrons. The molecule has 1 aliphatic rings. The van der Waals surface area contributed by atoms with Gasteiger partial charge < -0.3 is 4.57 Å². The fourth-order valence-electron chi connectivity index (χ4n) is 2.92. The van der Waals surface area contributed by atoms with E-state index >= 15 is 0 Å². The van der Waals surface area contributed by atoms with Crippen LogP contribution in [-0.4, -0.2) is 49.7 Å². The summed E-state index contributed by atoms with van der Waals surface area (Å²) < 4.78 is 67.7. The summed E-state index contributed by atoms with van der Waals surface area (Å²) in [5.74, 6) is -1.27. The maximum Gasteiger partial charge on any atom is 0.451 e. The van der Waals surface area contributed by atoms with Gasteiger partial charge in [-0.2, -0.15) is 17.5 Å². The zero-order chi connectivity index (χ0) is 19.3. The van der Waals surface area contributed by atoms with Crippen molar-refractivity contribution in [1.82, 2.24) is 28.2 Å². The molecule has 1 saturated heterocycles. The third-order valence-corrected chi connectivity index (χ3v) is 6.10. The first-order valence-corrected chi connectivity index (χ1v) is 9.16. The van der Waals surface area contributed by atoms with Crippen molar-refractivity contribution in [3.05, 3.63) is 28.8 Å². The monoisotopic (exact) mass is 394 g/mol. The molecule has 3 heterocycles. The molecule has 2 aromatic heterocycles. The summed E-state index contributed by atoms with van der Waals surface area (Å²) in [5, 5.41) is 3.32. The van der Waals surface area contributed by atoms with Crippen LogP contribution in [-0.2, 0) is 30.3 Å². The molecule has 0 spiro atoms. The lowest BCUT2D eigenvalue weighted by molar-refractivity contribution is -0.147. The normalized spacial score (nSPS) is 17.7. The van der Waals surface area contributed by atoms with Crippen LogP contribution in [0.5, 0.6) is 0 Å². The van der Waals surface area contributed by atoms with Gasteiger partial charge in [0.15, 0.2) is 5.03 Å². The Balaban J connectivity index is 1.78.